The number of rotatable bonds is 3. The number of carbonyl (C=O) groups excluding carboxylic acids is 1. The monoisotopic (exact) mass is 302 g/mol. The summed E-state index contributed by atoms with van der Waals surface area (Å²) in [7, 11) is -3.68. The van der Waals surface area contributed by atoms with Gasteiger partial charge in [-0.25, -0.2) is 8.42 Å². The van der Waals surface area contributed by atoms with Gasteiger partial charge >= 0.3 is 0 Å². The van der Waals surface area contributed by atoms with Crippen molar-refractivity contribution < 1.29 is 13.2 Å². The van der Waals surface area contributed by atoms with Gasteiger partial charge in [-0.3, -0.25) is 4.79 Å². The molecule has 0 spiro atoms. The van der Waals surface area contributed by atoms with Crippen LogP contribution in [0, 0.1) is 0 Å². The maximum absolute atomic E-state index is 12.8. The number of hydrogen-bond acceptors (Lipinski definition) is 3. The van der Waals surface area contributed by atoms with Crippen molar-refractivity contribution in [1.82, 2.24) is 4.31 Å². The fourth-order valence-corrected chi connectivity index (χ4v) is 4.68. The average molecular weight is 302 g/mol. The van der Waals surface area contributed by atoms with Gasteiger partial charge < -0.3 is 0 Å². The van der Waals surface area contributed by atoms with Crippen molar-refractivity contribution in [1.29, 1.82) is 0 Å². The zero-order valence-electron chi connectivity index (χ0n) is 11.7. The van der Waals surface area contributed by atoms with Gasteiger partial charge in [0.25, 0.3) is 0 Å². The molecule has 2 aromatic carbocycles. The lowest BCUT2D eigenvalue weighted by Crippen LogP contribution is -2.46. The predicted octanol–water partition coefficient (Wildman–Crippen LogP) is 2.49. The fraction of sp³-hybridized carbons (Fsp3) is 0.312. The largest absolute Gasteiger partial charge is 0.289 e. The number of sulfonamides is 1. The molecule has 5 heteroatoms. The van der Waals surface area contributed by atoms with Crippen LogP contribution in [0.5, 0.6) is 0 Å². The van der Waals surface area contributed by atoms with E-state index in [9.17, 15) is 13.2 Å². The molecule has 0 N–H and O–H groups in total. The Morgan fingerprint density at radius 2 is 1.86 bits per heavy atom. The highest BCUT2D eigenvalue weighted by molar-refractivity contribution is 7.89. The quantitative estimate of drug-likeness (QED) is 0.875. The molecule has 0 amide bonds. The molecule has 4 nitrogen and oxygen atoms in total. The van der Waals surface area contributed by atoms with Crippen molar-refractivity contribution in [3.8, 4) is 0 Å². The predicted molar refractivity (Wildman–Crippen MR) is 81.2 cm³/mol. The minimum absolute atomic E-state index is 0.226. The molecule has 1 radical (unpaired) electrons. The van der Waals surface area contributed by atoms with E-state index in [1.807, 2.05) is 30.6 Å². The lowest BCUT2D eigenvalue weighted by atomic mass is 10.0. The minimum atomic E-state index is -3.68. The van der Waals surface area contributed by atoms with Gasteiger partial charge in [0.15, 0.2) is 0 Å². The number of fused-ring (bicyclic) bond motifs is 1. The average Bonchev–Trinajstić information content (AvgIpc) is 2.90. The van der Waals surface area contributed by atoms with Gasteiger partial charge in [-0.2, -0.15) is 4.31 Å². The van der Waals surface area contributed by atoms with E-state index in [1.165, 1.54) is 4.31 Å². The van der Waals surface area contributed by atoms with Gasteiger partial charge in [0.1, 0.15) is 0 Å². The van der Waals surface area contributed by atoms with E-state index < -0.39 is 15.6 Å². The Bertz CT molecular complexity index is 800. The van der Waals surface area contributed by atoms with Crippen molar-refractivity contribution in [2.75, 3.05) is 6.54 Å². The van der Waals surface area contributed by atoms with Crippen LogP contribution in [0.3, 0.4) is 0 Å². The summed E-state index contributed by atoms with van der Waals surface area (Å²) in [4.78, 5) is 11.4. The molecule has 21 heavy (non-hydrogen) atoms. The first-order valence-corrected chi connectivity index (χ1v) is 8.32. The molecular weight excluding hydrogens is 286 g/mol. The zero-order chi connectivity index (χ0) is 15.1. The third kappa shape index (κ3) is 2.26. The zero-order valence-corrected chi connectivity index (χ0v) is 12.6. The highest BCUT2D eigenvalue weighted by Gasteiger charge is 2.45. The van der Waals surface area contributed by atoms with E-state index in [0.29, 0.717) is 19.4 Å². The van der Waals surface area contributed by atoms with Crippen molar-refractivity contribution in [3.63, 3.8) is 0 Å². The van der Waals surface area contributed by atoms with E-state index in [0.717, 1.165) is 10.8 Å². The summed E-state index contributed by atoms with van der Waals surface area (Å²) in [5, 5.41) is 1.86. The number of nitrogens with zero attached hydrogens (tertiary/aromatic N) is 1. The molecule has 109 valence electrons. The van der Waals surface area contributed by atoms with Gasteiger partial charge in [0.05, 0.1) is 10.4 Å². The molecule has 0 saturated carbocycles. The van der Waals surface area contributed by atoms with E-state index >= 15 is 0 Å². The molecule has 1 aliphatic rings. The van der Waals surface area contributed by atoms with Crippen molar-refractivity contribution in [2.45, 2.75) is 30.2 Å². The van der Waals surface area contributed by atoms with Crippen LogP contribution in [-0.4, -0.2) is 31.1 Å². The smallest absolute Gasteiger partial charge is 0.244 e. The summed E-state index contributed by atoms with van der Waals surface area (Å²) in [5.41, 5.74) is -1.05. The van der Waals surface area contributed by atoms with Crippen LogP contribution in [0.15, 0.2) is 47.4 Å². The van der Waals surface area contributed by atoms with Gasteiger partial charge in [-0.15, -0.1) is 0 Å². The van der Waals surface area contributed by atoms with Crippen molar-refractivity contribution in [3.05, 3.63) is 42.5 Å². The Hall–Kier alpha value is -1.72. The summed E-state index contributed by atoms with van der Waals surface area (Å²) in [6.07, 6.45) is 3.10. The molecule has 2 aromatic rings. The number of benzene rings is 2. The molecule has 0 aliphatic carbocycles. The van der Waals surface area contributed by atoms with E-state index in [-0.39, 0.29) is 4.90 Å². The van der Waals surface area contributed by atoms with Gasteiger partial charge in [0.2, 0.25) is 16.3 Å². The van der Waals surface area contributed by atoms with Crippen LogP contribution in [0.2, 0.25) is 0 Å². The van der Waals surface area contributed by atoms with Crippen LogP contribution < -0.4 is 0 Å². The van der Waals surface area contributed by atoms with Crippen LogP contribution in [0.25, 0.3) is 10.8 Å². The van der Waals surface area contributed by atoms with Gasteiger partial charge in [-0.05, 0) is 42.7 Å². The summed E-state index contributed by atoms with van der Waals surface area (Å²) < 4.78 is 26.9. The Kier molecular flexibility index (Phi) is 3.34. The van der Waals surface area contributed by atoms with Crippen LogP contribution in [0.1, 0.15) is 19.8 Å². The second-order valence-electron chi connectivity index (χ2n) is 5.57. The molecule has 1 heterocycles. The minimum Gasteiger partial charge on any atom is -0.289 e. The molecule has 0 unspecified atom stereocenters. The number of hydrogen-bond donors (Lipinski definition) is 0. The third-order valence-corrected chi connectivity index (χ3v) is 6.12. The first-order valence-electron chi connectivity index (χ1n) is 6.88. The Morgan fingerprint density at radius 1 is 1.14 bits per heavy atom. The standard InChI is InChI=1S/C16H16NO3S/c1-16(12-18)9-4-10-17(16)21(19,20)15-8-7-13-5-2-3-6-14(13)11-15/h2-3,5-8,11H,4,9-10H2,1H3/t16-/m0/s1. The Balaban J connectivity index is 2.10. The lowest BCUT2D eigenvalue weighted by Gasteiger charge is -2.28. The maximum Gasteiger partial charge on any atom is 0.244 e. The molecule has 0 aromatic heterocycles. The van der Waals surface area contributed by atoms with Crippen LogP contribution in [0.4, 0.5) is 0 Å². The fourth-order valence-electron chi connectivity index (χ4n) is 2.88. The maximum atomic E-state index is 12.8. The molecule has 1 saturated heterocycles. The summed E-state index contributed by atoms with van der Waals surface area (Å²) >= 11 is 0. The molecule has 3 rings (SSSR count). The molecule has 1 fully saturated rings. The summed E-state index contributed by atoms with van der Waals surface area (Å²) in [5.74, 6) is 0. The Labute approximate surface area is 124 Å². The summed E-state index contributed by atoms with van der Waals surface area (Å²) in [6, 6.07) is 12.7. The molecule has 1 atom stereocenters. The highest BCUT2D eigenvalue weighted by Crippen LogP contribution is 2.33. The third-order valence-electron chi connectivity index (χ3n) is 4.10. The lowest BCUT2D eigenvalue weighted by molar-refractivity contribution is 0.335. The van der Waals surface area contributed by atoms with Crippen LogP contribution >= 0.6 is 0 Å². The summed E-state index contributed by atoms with van der Waals surface area (Å²) in [6.45, 7) is 1.99. The van der Waals surface area contributed by atoms with Gasteiger partial charge in [0, 0.05) is 6.54 Å². The molecular formula is C16H16NO3S. The Morgan fingerprint density at radius 3 is 2.57 bits per heavy atom. The first kappa shape index (κ1) is 14.2. The second-order valence-corrected chi connectivity index (χ2v) is 7.43. The van der Waals surface area contributed by atoms with Crippen molar-refractivity contribution >= 4 is 27.1 Å². The van der Waals surface area contributed by atoms with Crippen molar-refractivity contribution in [2.24, 2.45) is 0 Å². The van der Waals surface area contributed by atoms with Crippen LogP contribution in [-0.2, 0) is 14.8 Å². The van der Waals surface area contributed by atoms with E-state index in [4.69, 9.17) is 0 Å². The molecule has 1 aliphatic heterocycles. The topological polar surface area (TPSA) is 54.5 Å². The SMILES string of the molecule is C[C@@]1([C]=O)CCCN1S(=O)(=O)c1ccc2ccccc2c1. The highest BCUT2D eigenvalue weighted by atomic mass is 32.2. The molecule has 0 bridgehead atoms. The normalized spacial score (nSPS) is 23.5. The van der Waals surface area contributed by atoms with E-state index in [1.54, 1.807) is 25.1 Å². The van der Waals surface area contributed by atoms with Gasteiger partial charge in [-0.1, -0.05) is 30.3 Å². The first-order chi connectivity index (χ1) is 9.97. The van der Waals surface area contributed by atoms with E-state index in [2.05, 4.69) is 0 Å². The second kappa shape index (κ2) is 4.93.